The van der Waals surface area contributed by atoms with Crippen molar-refractivity contribution in [1.82, 2.24) is 15.1 Å². The number of fused-ring (bicyclic) bond motifs is 2. The lowest BCUT2D eigenvalue weighted by molar-refractivity contribution is -0.122. The number of hydrogen-bond acceptors (Lipinski definition) is 3. The summed E-state index contributed by atoms with van der Waals surface area (Å²) in [4.78, 5) is 24.4. The van der Waals surface area contributed by atoms with Gasteiger partial charge in [-0.2, -0.15) is 5.10 Å². The third-order valence-corrected chi connectivity index (χ3v) is 5.62. The fraction of sp³-hybridized carbons (Fsp3) is 0.350. The molecular weight excluding hydrogens is 350 g/mol. The number of amides is 1. The van der Waals surface area contributed by atoms with Crippen LogP contribution in [0, 0.1) is 17.8 Å². The topological polar surface area (TPSA) is 64.0 Å². The van der Waals surface area contributed by atoms with Gasteiger partial charge in [0, 0.05) is 18.2 Å². The van der Waals surface area contributed by atoms with Crippen LogP contribution >= 0.6 is 11.6 Å². The van der Waals surface area contributed by atoms with Gasteiger partial charge in [0.1, 0.15) is 6.54 Å². The third kappa shape index (κ3) is 3.44. The number of rotatable bonds is 5. The van der Waals surface area contributed by atoms with E-state index in [2.05, 4.69) is 22.6 Å². The monoisotopic (exact) mass is 369 g/mol. The molecule has 0 aliphatic heterocycles. The van der Waals surface area contributed by atoms with Crippen molar-refractivity contribution in [3.05, 3.63) is 63.9 Å². The predicted molar refractivity (Wildman–Crippen MR) is 101 cm³/mol. The standard InChI is InChI=1S/C20H20ClN3O2/c21-17-4-2-1-3-16(17)18-7-8-20(26)24(23-18)12-19(25)22-11-15-10-13-5-6-14(15)9-13/h1-8,13-15H,9-12H2,(H,22,25)/t13-,14+,15+/m0/s1. The van der Waals surface area contributed by atoms with E-state index in [1.807, 2.05) is 18.2 Å². The molecule has 0 unspecified atom stereocenters. The Morgan fingerprint density at radius 2 is 2.04 bits per heavy atom. The molecule has 0 radical (unpaired) electrons. The molecule has 0 saturated heterocycles. The maximum atomic E-state index is 12.3. The molecule has 2 aliphatic carbocycles. The van der Waals surface area contributed by atoms with Gasteiger partial charge in [0.05, 0.1) is 10.7 Å². The summed E-state index contributed by atoms with van der Waals surface area (Å²) < 4.78 is 1.19. The number of carbonyl (C=O) groups is 1. The second kappa shape index (κ2) is 7.08. The zero-order chi connectivity index (χ0) is 18.1. The van der Waals surface area contributed by atoms with Crippen molar-refractivity contribution in [2.75, 3.05) is 6.54 Å². The number of nitrogens with one attached hydrogen (secondary N) is 1. The van der Waals surface area contributed by atoms with Gasteiger partial charge >= 0.3 is 0 Å². The van der Waals surface area contributed by atoms with E-state index in [0.717, 1.165) is 12.0 Å². The van der Waals surface area contributed by atoms with Gasteiger partial charge in [-0.05, 0) is 42.7 Å². The summed E-state index contributed by atoms with van der Waals surface area (Å²) in [5.74, 6) is 1.58. The first-order chi connectivity index (χ1) is 12.6. The normalized spacial score (nSPS) is 23.3. The van der Waals surface area contributed by atoms with Crippen LogP contribution in [-0.4, -0.2) is 22.2 Å². The predicted octanol–water partition coefficient (Wildman–Crippen LogP) is 2.89. The highest BCUT2D eigenvalue weighted by Gasteiger charge is 2.35. The van der Waals surface area contributed by atoms with E-state index in [4.69, 9.17) is 11.6 Å². The van der Waals surface area contributed by atoms with Crippen LogP contribution in [0.3, 0.4) is 0 Å². The molecule has 1 fully saturated rings. The molecule has 1 heterocycles. The average Bonchev–Trinajstić information content (AvgIpc) is 3.25. The van der Waals surface area contributed by atoms with Gasteiger partial charge in [-0.3, -0.25) is 9.59 Å². The van der Waals surface area contributed by atoms with Crippen molar-refractivity contribution < 1.29 is 4.79 Å². The van der Waals surface area contributed by atoms with Crippen molar-refractivity contribution in [3.63, 3.8) is 0 Å². The van der Waals surface area contributed by atoms with E-state index in [-0.39, 0.29) is 18.0 Å². The second-order valence-electron chi connectivity index (χ2n) is 7.04. The summed E-state index contributed by atoms with van der Waals surface area (Å²) in [6.07, 6.45) is 6.90. The molecule has 5 nitrogen and oxygen atoms in total. The number of nitrogens with zero attached hydrogens (tertiary/aromatic N) is 2. The molecule has 0 spiro atoms. The molecule has 1 aromatic heterocycles. The van der Waals surface area contributed by atoms with E-state index < -0.39 is 0 Å². The number of aromatic nitrogens is 2. The van der Waals surface area contributed by atoms with Gasteiger partial charge in [-0.15, -0.1) is 0 Å². The van der Waals surface area contributed by atoms with Crippen molar-refractivity contribution in [1.29, 1.82) is 0 Å². The van der Waals surface area contributed by atoms with Crippen LogP contribution in [-0.2, 0) is 11.3 Å². The van der Waals surface area contributed by atoms with Crippen LogP contribution in [0.5, 0.6) is 0 Å². The zero-order valence-corrected chi connectivity index (χ0v) is 15.0. The first-order valence-corrected chi connectivity index (χ1v) is 9.26. The molecule has 4 rings (SSSR count). The average molecular weight is 370 g/mol. The SMILES string of the molecule is O=C(Cn1nc(-c2ccccc2Cl)ccc1=O)NC[C@H]1C[C@H]2C=C[C@@H]1C2. The fourth-order valence-corrected chi connectivity index (χ4v) is 4.17. The van der Waals surface area contributed by atoms with Crippen molar-refractivity contribution in [2.45, 2.75) is 19.4 Å². The Balaban J connectivity index is 1.43. The van der Waals surface area contributed by atoms with Crippen LogP contribution in [0.1, 0.15) is 12.8 Å². The number of halogens is 1. The maximum Gasteiger partial charge on any atom is 0.267 e. The van der Waals surface area contributed by atoms with Crippen molar-refractivity contribution in [3.8, 4) is 11.3 Å². The maximum absolute atomic E-state index is 12.3. The van der Waals surface area contributed by atoms with E-state index in [0.29, 0.717) is 35.0 Å². The number of hydrogen-bond donors (Lipinski definition) is 1. The summed E-state index contributed by atoms with van der Waals surface area (Å²) >= 11 is 6.20. The van der Waals surface area contributed by atoms with E-state index >= 15 is 0 Å². The Hall–Kier alpha value is -2.40. The molecule has 134 valence electrons. The van der Waals surface area contributed by atoms with Crippen LogP contribution in [0.4, 0.5) is 0 Å². The molecule has 2 bridgehead atoms. The van der Waals surface area contributed by atoms with Crippen molar-refractivity contribution in [2.24, 2.45) is 17.8 Å². The summed E-state index contributed by atoms with van der Waals surface area (Å²) in [6.45, 7) is 0.567. The molecule has 6 heteroatoms. The quantitative estimate of drug-likeness (QED) is 0.824. The lowest BCUT2D eigenvalue weighted by atomic mass is 9.94. The summed E-state index contributed by atoms with van der Waals surface area (Å²) in [5.41, 5.74) is 0.997. The minimum absolute atomic E-state index is 0.0895. The molecular formula is C20H20ClN3O2. The molecule has 1 saturated carbocycles. The van der Waals surface area contributed by atoms with Crippen LogP contribution in [0.2, 0.25) is 5.02 Å². The van der Waals surface area contributed by atoms with Gasteiger partial charge < -0.3 is 5.32 Å². The highest BCUT2D eigenvalue weighted by molar-refractivity contribution is 6.33. The number of allylic oxidation sites excluding steroid dienone is 2. The highest BCUT2D eigenvalue weighted by atomic mass is 35.5. The molecule has 1 aromatic carbocycles. The zero-order valence-electron chi connectivity index (χ0n) is 14.3. The van der Waals surface area contributed by atoms with Gasteiger partial charge in [-0.25, -0.2) is 4.68 Å². The highest BCUT2D eigenvalue weighted by Crippen LogP contribution is 2.42. The Morgan fingerprint density at radius 3 is 2.77 bits per heavy atom. The minimum atomic E-state index is -0.307. The van der Waals surface area contributed by atoms with E-state index in [1.165, 1.54) is 17.2 Å². The Morgan fingerprint density at radius 1 is 1.19 bits per heavy atom. The molecule has 2 aromatic rings. The Labute approximate surface area is 156 Å². The van der Waals surface area contributed by atoms with Gasteiger partial charge in [-0.1, -0.05) is 42.0 Å². The van der Waals surface area contributed by atoms with Crippen LogP contribution < -0.4 is 10.9 Å². The second-order valence-corrected chi connectivity index (χ2v) is 7.45. The van der Waals surface area contributed by atoms with E-state index in [9.17, 15) is 9.59 Å². The summed E-state index contributed by atoms with van der Waals surface area (Å²) in [5, 5.41) is 7.82. The molecule has 3 atom stereocenters. The number of benzene rings is 1. The summed E-state index contributed by atoms with van der Waals surface area (Å²) in [6, 6.07) is 10.3. The molecule has 1 amide bonds. The molecule has 1 N–H and O–H groups in total. The van der Waals surface area contributed by atoms with Crippen molar-refractivity contribution >= 4 is 17.5 Å². The molecule has 26 heavy (non-hydrogen) atoms. The Kier molecular flexibility index (Phi) is 4.64. The molecule has 2 aliphatic rings. The largest absolute Gasteiger partial charge is 0.354 e. The van der Waals surface area contributed by atoms with E-state index in [1.54, 1.807) is 12.1 Å². The van der Waals surface area contributed by atoms with Crippen LogP contribution in [0.15, 0.2) is 53.3 Å². The lowest BCUT2D eigenvalue weighted by Gasteiger charge is -2.18. The minimum Gasteiger partial charge on any atom is -0.354 e. The first-order valence-electron chi connectivity index (χ1n) is 8.88. The Bertz CT molecular complexity index is 921. The smallest absolute Gasteiger partial charge is 0.267 e. The third-order valence-electron chi connectivity index (χ3n) is 5.29. The first kappa shape index (κ1) is 17.0. The fourth-order valence-electron chi connectivity index (χ4n) is 3.94. The van der Waals surface area contributed by atoms with Gasteiger partial charge in [0.2, 0.25) is 5.91 Å². The number of carbonyl (C=O) groups excluding carboxylic acids is 1. The summed E-state index contributed by atoms with van der Waals surface area (Å²) in [7, 11) is 0. The van der Waals surface area contributed by atoms with Gasteiger partial charge in [0.25, 0.3) is 5.56 Å². The van der Waals surface area contributed by atoms with Crippen LogP contribution in [0.25, 0.3) is 11.3 Å². The van der Waals surface area contributed by atoms with Gasteiger partial charge in [0.15, 0.2) is 0 Å². The lowest BCUT2D eigenvalue weighted by Crippen LogP contribution is -2.36.